The van der Waals surface area contributed by atoms with E-state index in [1.165, 1.54) is 11.8 Å². The molecule has 2 heterocycles. The number of nitrogens with zero attached hydrogens (tertiary/aromatic N) is 4. The molecule has 1 aliphatic heterocycles. The van der Waals surface area contributed by atoms with E-state index < -0.39 is 5.97 Å². The first-order valence-electron chi connectivity index (χ1n) is 7.29. The first kappa shape index (κ1) is 16.8. The van der Waals surface area contributed by atoms with Gasteiger partial charge in [-0.25, -0.2) is 9.78 Å². The van der Waals surface area contributed by atoms with Crippen molar-refractivity contribution in [2.24, 2.45) is 7.05 Å². The van der Waals surface area contributed by atoms with Gasteiger partial charge in [0, 0.05) is 33.2 Å². The lowest BCUT2D eigenvalue weighted by Crippen LogP contribution is -2.45. The molecule has 0 aliphatic carbocycles. The van der Waals surface area contributed by atoms with Gasteiger partial charge in [-0.15, -0.1) is 11.8 Å². The molecule has 0 saturated carbocycles. The average molecular weight is 325 g/mol. The van der Waals surface area contributed by atoms with E-state index in [4.69, 9.17) is 10.1 Å². The van der Waals surface area contributed by atoms with Gasteiger partial charge >= 0.3 is 5.97 Å². The van der Waals surface area contributed by atoms with Gasteiger partial charge in [-0.3, -0.25) is 5.41 Å². The van der Waals surface area contributed by atoms with Gasteiger partial charge in [0.05, 0.1) is 6.61 Å². The number of hydrogen-bond acceptors (Lipinski definition) is 7. The van der Waals surface area contributed by atoms with Crippen LogP contribution in [0.4, 0.5) is 5.95 Å². The van der Waals surface area contributed by atoms with Crippen molar-refractivity contribution < 1.29 is 9.53 Å². The number of aromatic nitrogens is 2. The summed E-state index contributed by atoms with van der Waals surface area (Å²) < 4.78 is 6.88. The molecule has 0 amide bonds. The standard InChI is InChI=1S/C14H23N5O2S/c1-5-21-13(20)11-10(12(15)22-4)16-14(18(11)3)19-8-6-17(2)7-9-19/h15H,5-9H2,1-4H3. The van der Waals surface area contributed by atoms with Gasteiger partial charge in [-0.05, 0) is 20.2 Å². The maximum absolute atomic E-state index is 12.2. The lowest BCUT2D eigenvalue weighted by molar-refractivity contribution is 0.0515. The summed E-state index contributed by atoms with van der Waals surface area (Å²) in [4.78, 5) is 21.2. The summed E-state index contributed by atoms with van der Waals surface area (Å²) in [7, 11) is 3.90. The fraction of sp³-hybridized carbons (Fsp3) is 0.643. The monoisotopic (exact) mass is 325 g/mol. The van der Waals surface area contributed by atoms with Crippen LogP contribution in [-0.2, 0) is 11.8 Å². The Morgan fingerprint density at radius 3 is 2.50 bits per heavy atom. The van der Waals surface area contributed by atoms with Gasteiger partial charge in [0.2, 0.25) is 5.95 Å². The number of ether oxygens (including phenoxy) is 1. The SMILES string of the molecule is CCOC(=O)c1c(C(=N)SC)nc(N2CCN(C)CC2)n1C. The largest absolute Gasteiger partial charge is 0.461 e. The Morgan fingerprint density at radius 2 is 1.95 bits per heavy atom. The highest BCUT2D eigenvalue weighted by Crippen LogP contribution is 2.23. The van der Waals surface area contributed by atoms with E-state index in [1.54, 1.807) is 11.5 Å². The summed E-state index contributed by atoms with van der Waals surface area (Å²) in [5.74, 6) is 0.302. The van der Waals surface area contributed by atoms with Crippen LogP contribution in [0.3, 0.4) is 0 Å². The number of hydrogen-bond donors (Lipinski definition) is 1. The Bertz CT molecular complexity index is 564. The summed E-state index contributed by atoms with van der Waals surface area (Å²) in [5.41, 5.74) is 0.762. The molecule has 8 heteroatoms. The van der Waals surface area contributed by atoms with E-state index in [0.717, 1.165) is 32.1 Å². The molecule has 7 nitrogen and oxygen atoms in total. The predicted molar refractivity (Wildman–Crippen MR) is 89.2 cm³/mol. The van der Waals surface area contributed by atoms with Crippen LogP contribution >= 0.6 is 11.8 Å². The van der Waals surface area contributed by atoms with Crippen LogP contribution in [-0.4, -0.2) is 71.6 Å². The number of carbonyl (C=O) groups excluding carboxylic acids is 1. The highest BCUT2D eigenvalue weighted by atomic mass is 32.2. The van der Waals surface area contributed by atoms with Crippen LogP contribution in [0.2, 0.25) is 0 Å². The van der Waals surface area contributed by atoms with Crippen LogP contribution in [0.25, 0.3) is 0 Å². The van der Waals surface area contributed by atoms with Gasteiger partial charge < -0.3 is 19.1 Å². The number of thioether (sulfide) groups is 1. The smallest absolute Gasteiger partial charge is 0.357 e. The first-order valence-corrected chi connectivity index (χ1v) is 8.52. The normalized spacial score (nSPS) is 15.9. The molecule has 1 saturated heterocycles. The Hall–Kier alpha value is -1.54. The molecule has 1 aliphatic rings. The summed E-state index contributed by atoms with van der Waals surface area (Å²) in [6, 6.07) is 0. The van der Waals surface area contributed by atoms with Gasteiger partial charge in [0.15, 0.2) is 5.69 Å². The maximum atomic E-state index is 12.2. The zero-order chi connectivity index (χ0) is 16.3. The van der Waals surface area contributed by atoms with E-state index in [2.05, 4.69) is 21.8 Å². The zero-order valence-corrected chi connectivity index (χ0v) is 14.4. The molecule has 1 aromatic heterocycles. The summed E-state index contributed by atoms with van der Waals surface area (Å²) in [5, 5.41) is 8.33. The van der Waals surface area contributed by atoms with Crippen molar-refractivity contribution >= 4 is 28.7 Å². The molecule has 1 aromatic rings. The lowest BCUT2D eigenvalue weighted by atomic mass is 10.3. The summed E-state index contributed by atoms with van der Waals surface area (Å²) >= 11 is 1.27. The van der Waals surface area contributed by atoms with E-state index in [-0.39, 0.29) is 5.04 Å². The molecule has 0 radical (unpaired) electrons. The highest BCUT2D eigenvalue weighted by Gasteiger charge is 2.28. The van der Waals surface area contributed by atoms with Crippen LogP contribution < -0.4 is 4.90 Å². The number of nitrogens with one attached hydrogen (secondary N) is 1. The van der Waals surface area contributed by atoms with Crippen molar-refractivity contribution in [1.82, 2.24) is 14.5 Å². The third-order valence-electron chi connectivity index (χ3n) is 3.75. The molecule has 122 valence electrons. The van der Waals surface area contributed by atoms with Crippen molar-refractivity contribution in [3.8, 4) is 0 Å². The molecule has 0 bridgehead atoms. The van der Waals surface area contributed by atoms with Gasteiger partial charge in [0.1, 0.15) is 10.7 Å². The number of imidazole rings is 1. The molecule has 1 fully saturated rings. The van der Waals surface area contributed by atoms with E-state index in [0.29, 0.717) is 18.0 Å². The molecule has 22 heavy (non-hydrogen) atoms. The van der Waals surface area contributed by atoms with Gasteiger partial charge in [0.25, 0.3) is 0 Å². The number of piperazine rings is 1. The average Bonchev–Trinajstić information content (AvgIpc) is 2.85. The van der Waals surface area contributed by atoms with E-state index in [1.807, 2.05) is 13.3 Å². The van der Waals surface area contributed by atoms with Gasteiger partial charge in [-0.2, -0.15) is 0 Å². The number of likely N-dealkylation sites (N-methyl/N-ethyl adjacent to an activating group) is 1. The molecule has 0 unspecified atom stereocenters. The van der Waals surface area contributed by atoms with Crippen LogP contribution in [0.5, 0.6) is 0 Å². The van der Waals surface area contributed by atoms with E-state index >= 15 is 0 Å². The zero-order valence-electron chi connectivity index (χ0n) is 13.5. The number of rotatable bonds is 4. The third kappa shape index (κ3) is 3.27. The second-order valence-corrected chi connectivity index (χ2v) is 6.03. The minimum Gasteiger partial charge on any atom is -0.461 e. The molecule has 0 spiro atoms. The Morgan fingerprint density at radius 1 is 1.32 bits per heavy atom. The molecular formula is C14H23N5O2S. The van der Waals surface area contributed by atoms with Crippen molar-refractivity contribution in [1.29, 1.82) is 5.41 Å². The molecular weight excluding hydrogens is 302 g/mol. The molecule has 2 rings (SSSR count). The predicted octanol–water partition coefficient (Wildman–Crippen LogP) is 1.04. The Labute approximate surface area is 135 Å². The minimum atomic E-state index is -0.424. The minimum absolute atomic E-state index is 0.277. The lowest BCUT2D eigenvalue weighted by Gasteiger charge is -2.33. The van der Waals surface area contributed by atoms with E-state index in [9.17, 15) is 4.79 Å². The Balaban J connectivity index is 2.39. The summed E-state index contributed by atoms with van der Waals surface area (Å²) in [6.07, 6.45) is 1.81. The Kier molecular flexibility index (Phi) is 5.47. The highest BCUT2D eigenvalue weighted by molar-refractivity contribution is 8.13. The van der Waals surface area contributed by atoms with Crippen LogP contribution in [0, 0.1) is 5.41 Å². The number of esters is 1. The molecule has 1 N–H and O–H groups in total. The van der Waals surface area contributed by atoms with Crippen LogP contribution in [0.1, 0.15) is 23.1 Å². The van der Waals surface area contributed by atoms with Gasteiger partial charge in [-0.1, -0.05) is 0 Å². The second-order valence-electron chi connectivity index (χ2n) is 5.21. The van der Waals surface area contributed by atoms with Crippen molar-refractivity contribution in [2.75, 3.05) is 51.0 Å². The molecule has 0 atom stereocenters. The fourth-order valence-corrected chi connectivity index (χ4v) is 2.80. The maximum Gasteiger partial charge on any atom is 0.357 e. The van der Waals surface area contributed by atoms with Crippen LogP contribution in [0.15, 0.2) is 0 Å². The number of carbonyl (C=O) groups is 1. The molecule has 0 aromatic carbocycles. The van der Waals surface area contributed by atoms with Crippen molar-refractivity contribution in [3.63, 3.8) is 0 Å². The first-order chi connectivity index (χ1) is 10.5. The van der Waals surface area contributed by atoms with Crippen molar-refractivity contribution in [2.45, 2.75) is 6.92 Å². The number of anilines is 1. The fourth-order valence-electron chi connectivity index (χ4n) is 2.46. The third-order valence-corrected chi connectivity index (χ3v) is 4.35. The topological polar surface area (TPSA) is 74.4 Å². The van der Waals surface area contributed by atoms with Crippen molar-refractivity contribution in [3.05, 3.63) is 11.4 Å². The second kappa shape index (κ2) is 7.15. The summed E-state index contributed by atoms with van der Waals surface area (Å²) in [6.45, 7) is 5.70. The quantitative estimate of drug-likeness (QED) is 0.506.